The Morgan fingerprint density at radius 2 is 1.85 bits per heavy atom. The third-order valence-electron chi connectivity index (χ3n) is 3.57. The first-order chi connectivity index (χ1) is 13.0. The lowest BCUT2D eigenvalue weighted by Crippen LogP contribution is -2.42. The first-order valence-corrected chi connectivity index (χ1v) is 8.85. The number of amides is 3. The number of aryl methyl sites for hydroxylation is 1. The Kier molecular flexibility index (Phi) is 5.62. The molecule has 3 aromatic rings. The van der Waals surface area contributed by atoms with E-state index in [1.165, 1.54) is 17.6 Å². The SMILES string of the molecule is Cc1occc1C(=O)Nc1nc(CC(=O)NNC(=O)c2ccccc2)cs1. The second-order valence-electron chi connectivity index (χ2n) is 5.53. The van der Waals surface area contributed by atoms with Gasteiger partial charge in [-0.15, -0.1) is 11.3 Å². The summed E-state index contributed by atoms with van der Waals surface area (Å²) in [6.07, 6.45) is 1.40. The lowest BCUT2D eigenvalue weighted by atomic mass is 10.2. The Balaban J connectivity index is 1.50. The van der Waals surface area contributed by atoms with E-state index in [9.17, 15) is 14.4 Å². The molecule has 0 bridgehead atoms. The number of nitrogens with one attached hydrogen (secondary N) is 3. The maximum atomic E-state index is 12.1. The van der Waals surface area contributed by atoms with Crippen LogP contribution in [-0.2, 0) is 11.2 Å². The molecule has 8 nitrogen and oxygen atoms in total. The van der Waals surface area contributed by atoms with Crippen LogP contribution in [0.3, 0.4) is 0 Å². The van der Waals surface area contributed by atoms with Gasteiger partial charge in [0.05, 0.1) is 23.9 Å². The molecule has 3 N–H and O–H groups in total. The zero-order valence-corrected chi connectivity index (χ0v) is 15.1. The lowest BCUT2D eigenvalue weighted by Gasteiger charge is -2.06. The van der Waals surface area contributed by atoms with Crippen LogP contribution in [0.4, 0.5) is 5.13 Å². The highest BCUT2D eigenvalue weighted by atomic mass is 32.1. The van der Waals surface area contributed by atoms with Crippen LogP contribution in [0.5, 0.6) is 0 Å². The van der Waals surface area contributed by atoms with Gasteiger partial charge in [0.15, 0.2) is 5.13 Å². The Morgan fingerprint density at radius 3 is 2.56 bits per heavy atom. The lowest BCUT2D eigenvalue weighted by molar-refractivity contribution is -0.121. The Labute approximate surface area is 158 Å². The van der Waals surface area contributed by atoms with Crippen LogP contribution in [0.1, 0.15) is 32.2 Å². The van der Waals surface area contributed by atoms with Crippen molar-refractivity contribution >= 4 is 34.2 Å². The number of anilines is 1. The second-order valence-corrected chi connectivity index (χ2v) is 6.39. The van der Waals surface area contributed by atoms with E-state index < -0.39 is 11.8 Å². The number of hydrogen-bond acceptors (Lipinski definition) is 6. The normalized spacial score (nSPS) is 10.3. The average molecular weight is 384 g/mol. The zero-order valence-electron chi connectivity index (χ0n) is 14.3. The van der Waals surface area contributed by atoms with Crippen LogP contribution in [-0.4, -0.2) is 22.7 Å². The predicted molar refractivity (Wildman–Crippen MR) is 99.3 cm³/mol. The van der Waals surface area contributed by atoms with Crippen molar-refractivity contribution in [3.63, 3.8) is 0 Å². The fourth-order valence-corrected chi connectivity index (χ4v) is 2.93. The number of carbonyl (C=O) groups excluding carboxylic acids is 3. The summed E-state index contributed by atoms with van der Waals surface area (Å²) in [5, 5.41) is 4.69. The molecule has 0 spiro atoms. The molecular weight excluding hydrogens is 368 g/mol. The molecule has 0 fully saturated rings. The molecule has 0 aliphatic rings. The summed E-state index contributed by atoms with van der Waals surface area (Å²) in [5.41, 5.74) is 6.01. The van der Waals surface area contributed by atoms with Crippen LogP contribution in [0.15, 0.2) is 52.5 Å². The molecule has 0 unspecified atom stereocenters. The van der Waals surface area contributed by atoms with Gasteiger partial charge in [0, 0.05) is 10.9 Å². The summed E-state index contributed by atoms with van der Waals surface area (Å²) >= 11 is 1.20. The van der Waals surface area contributed by atoms with Crippen molar-refractivity contribution in [1.29, 1.82) is 0 Å². The van der Waals surface area contributed by atoms with Crippen molar-refractivity contribution in [3.05, 3.63) is 70.6 Å². The minimum absolute atomic E-state index is 0.0355. The molecule has 3 rings (SSSR count). The van der Waals surface area contributed by atoms with Gasteiger partial charge in [-0.25, -0.2) is 4.98 Å². The van der Waals surface area contributed by atoms with E-state index in [2.05, 4.69) is 21.2 Å². The summed E-state index contributed by atoms with van der Waals surface area (Å²) in [6, 6.07) is 10.1. The maximum Gasteiger partial charge on any atom is 0.269 e. The highest BCUT2D eigenvalue weighted by Crippen LogP contribution is 2.18. The molecule has 1 aromatic carbocycles. The van der Waals surface area contributed by atoms with Gasteiger partial charge in [0.2, 0.25) is 5.91 Å². The van der Waals surface area contributed by atoms with Gasteiger partial charge in [-0.3, -0.25) is 30.6 Å². The van der Waals surface area contributed by atoms with E-state index in [1.54, 1.807) is 48.7 Å². The highest BCUT2D eigenvalue weighted by Gasteiger charge is 2.14. The first-order valence-electron chi connectivity index (χ1n) is 7.97. The summed E-state index contributed by atoms with van der Waals surface area (Å²) in [5.74, 6) is -0.654. The number of benzene rings is 1. The molecular formula is C18H16N4O4S. The van der Waals surface area contributed by atoms with Gasteiger partial charge >= 0.3 is 0 Å². The van der Waals surface area contributed by atoms with E-state index in [0.29, 0.717) is 27.7 Å². The number of hydrazine groups is 1. The summed E-state index contributed by atoms with van der Waals surface area (Å²) in [4.78, 5) is 40.1. The standard InChI is InChI=1S/C18H16N4O4S/c1-11-14(7-8-26-11)17(25)20-18-19-13(10-27-18)9-15(23)21-22-16(24)12-5-3-2-4-6-12/h2-8,10H,9H2,1H3,(H,21,23)(H,22,24)(H,19,20,25). The van der Waals surface area contributed by atoms with Crippen molar-refractivity contribution in [1.82, 2.24) is 15.8 Å². The van der Waals surface area contributed by atoms with Crippen molar-refractivity contribution in [2.45, 2.75) is 13.3 Å². The number of rotatable bonds is 5. The maximum absolute atomic E-state index is 12.1. The molecule has 2 heterocycles. The number of furan rings is 1. The fraction of sp³-hybridized carbons (Fsp3) is 0.111. The van der Waals surface area contributed by atoms with Gasteiger partial charge in [0.25, 0.3) is 11.8 Å². The zero-order chi connectivity index (χ0) is 19.2. The largest absolute Gasteiger partial charge is 0.469 e. The topological polar surface area (TPSA) is 113 Å². The first kappa shape index (κ1) is 18.3. The van der Waals surface area contributed by atoms with Crippen molar-refractivity contribution < 1.29 is 18.8 Å². The van der Waals surface area contributed by atoms with Crippen LogP contribution in [0.25, 0.3) is 0 Å². The molecule has 2 aromatic heterocycles. The van der Waals surface area contributed by atoms with E-state index in [1.807, 2.05) is 0 Å². The minimum atomic E-state index is -0.423. The Hall–Kier alpha value is -3.46. The smallest absolute Gasteiger partial charge is 0.269 e. The summed E-state index contributed by atoms with van der Waals surface area (Å²) in [7, 11) is 0. The summed E-state index contributed by atoms with van der Waals surface area (Å²) in [6.45, 7) is 1.69. The molecule has 0 saturated carbocycles. The number of carbonyl (C=O) groups is 3. The van der Waals surface area contributed by atoms with Gasteiger partial charge in [-0.1, -0.05) is 18.2 Å². The number of thiazole rings is 1. The monoisotopic (exact) mass is 384 g/mol. The van der Waals surface area contributed by atoms with Gasteiger partial charge in [-0.2, -0.15) is 0 Å². The minimum Gasteiger partial charge on any atom is -0.469 e. The quantitative estimate of drug-likeness (QED) is 0.584. The predicted octanol–water partition coefficient (Wildman–Crippen LogP) is 2.30. The van der Waals surface area contributed by atoms with Gasteiger partial charge in [0.1, 0.15) is 5.76 Å². The van der Waals surface area contributed by atoms with E-state index in [0.717, 1.165) is 0 Å². The fourth-order valence-electron chi connectivity index (χ4n) is 2.23. The number of nitrogens with zero attached hydrogens (tertiary/aromatic N) is 1. The van der Waals surface area contributed by atoms with Crippen LogP contribution < -0.4 is 16.2 Å². The van der Waals surface area contributed by atoms with Gasteiger partial charge < -0.3 is 4.42 Å². The number of aromatic nitrogens is 1. The Bertz CT molecular complexity index is 965. The van der Waals surface area contributed by atoms with E-state index in [4.69, 9.17) is 4.42 Å². The third-order valence-corrected chi connectivity index (χ3v) is 4.38. The molecule has 9 heteroatoms. The number of hydrogen-bond donors (Lipinski definition) is 3. The highest BCUT2D eigenvalue weighted by molar-refractivity contribution is 7.14. The average Bonchev–Trinajstić information content (AvgIpc) is 3.29. The van der Waals surface area contributed by atoms with Crippen LogP contribution in [0, 0.1) is 6.92 Å². The Morgan fingerprint density at radius 1 is 1.07 bits per heavy atom. The molecule has 0 radical (unpaired) electrons. The molecule has 138 valence electrons. The second kappa shape index (κ2) is 8.28. The van der Waals surface area contributed by atoms with Crippen LogP contribution >= 0.6 is 11.3 Å². The summed E-state index contributed by atoms with van der Waals surface area (Å²) < 4.78 is 5.09. The molecule has 0 aliphatic heterocycles. The van der Waals surface area contributed by atoms with Gasteiger partial charge in [-0.05, 0) is 25.1 Å². The molecule has 27 heavy (non-hydrogen) atoms. The third kappa shape index (κ3) is 4.79. The van der Waals surface area contributed by atoms with Crippen molar-refractivity contribution in [2.75, 3.05) is 5.32 Å². The van der Waals surface area contributed by atoms with Crippen molar-refractivity contribution in [2.24, 2.45) is 0 Å². The molecule has 3 amide bonds. The van der Waals surface area contributed by atoms with Crippen LogP contribution in [0.2, 0.25) is 0 Å². The van der Waals surface area contributed by atoms with E-state index in [-0.39, 0.29) is 12.3 Å². The molecule has 0 atom stereocenters. The van der Waals surface area contributed by atoms with Crippen molar-refractivity contribution in [3.8, 4) is 0 Å². The van der Waals surface area contributed by atoms with E-state index >= 15 is 0 Å². The molecule has 0 aliphatic carbocycles. The molecule has 0 saturated heterocycles.